The van der Waals surface area contributed by atoms with Gasteiger partial charge in [-0.2, -0.15) is 0 Å². The quantitative estimate of drug-likeness (QED) is 0.853. The molecule has 2 rings (SSSR count). The van der Waals surface area contributed by atoms with E-state index in [1.165, 1.54) is 7.11 Å². The zero-order chi connectivity index (χ0) is 11.9. The Hall–Kier alpha value is -1.19. The van der Waals surface area contributed by atoms with Crippen molar-refractivity contribution in [2.75, 3.05) is 7.11 Å². The maximum atomic E-state index is 11.9. The topological polar surface area (TPSA) is 42.1 Å². The van der Waals surface area contributed by atoms with Crippen LogP contribution in [0.5, 0.6) is 5.75 Å². The number of methoxy groups -OCH3 is 1. The van der Waals surface area contributed by atoms with Gasteiger partial charge in [-0.25, -0.2) is 0 Å². The molecule has 0 aliphatic heterocycles. The monoisotopic (exact) mass is 257 g/mol. The largest absolute Gasteiger partial charge is 0.495 e. The Morgan fingerprint density at radius 3 is 2.62 bits per heavy atom. The van der Waals surface area contributed by atoms with Crippen LogP contribution >= 0.6 is 23.2 Å². The van der Waals surface area contributed by atoms with Crippen molar-refractivity contribution < 1.29 is 4.74 Å². The van der Waals surface area contributed by atoms with Crippen molar-refractivity contribution in [2.45, 2.75) is 6.92 Å². The predicted molar refractivity (Wildman–Crippen MR) is 65.9 cm³/mol. The lowest BCUT2D eigenvalue weighted by Gasteiger charge is -2.08. The summed E-state index contributed by atoms with van der Waals surface area (Å²) in [6, 6.07) is 3.32. The van der Waals surface area contributed by atoms with Crippen molar-refractivity contribution in [3.8, 4) is 5.75 Å². The minimum absolute atomic E-state index is 0.155. The number of rotatable bonds is 1. The lowest BCUT2D eigenvalue weighted by atomic mass is 10.2. The Bertz CT molecular complexity index is 619. The molecule has 1 aromatic carbocycles. The third-order valence-corrected chi connectivity index (χ3v) is 3.17. The van der Waals surface area contributed by atoms with Crippen LogP contribution in [-0.4, -0.2) is 12.1 Å². The maximum Gasteiger partial charge on any atom is 0.209 e. The summed E-state index contributed by atoms with van der Waals surface area (Å²) < 4.78 is 5.16. The van der Waals surface area contributed by atoms with Crippen LogP contribution in [0, 0.1) is 6.92 Å². The van der Waals surface area contributed by atoms with Gasteiger partial charge < -0.3 is 9.72 Å². The fourth-order valence-electron chi connectivity index (χ4n) is 1.60. The highest BCUT2D eigenvalue weighted by atomic mass is 35.5. The maximum absolute atomic E-state index is 11.9. The van der Waals surface area contributed by atoms with Crippen molar-refractivity contribution in [3.63, 3.8) is 0 Å². The van der Waals surface area contributed by atoms with E-state index in [0.717, 1.165) is 0 Å². The highest BCUT2D eigenvalue weighted by molar-refractivity contribution is 6.37. The highest BCUT2D eigenvalue weighted by Gasteiger charge is 2.13. The second-order valence-electron chi connectivity index (χ2n) is 3.39. The first-order chi connectivity index (χ1) is 7.56. The van der Waals surface area contributed by atoms with Gasteiger partial charge in [0.1, 0.15) is 10.8 Å². The summed E-state index contributed by atoms with van der Waals surface area (Å²) in [5.41, 5.74) is 0.887. The predicted octanol–water partition coefficient (Wildman–Crippen LogP) is 3.15. The molecule has 1 heterocycles. The minimum atomic E-state index is -0.281. The Morgan fingerprint density at radius 1 is 1.31 bits per heavy atom. The second kappa shape index (κ2) is 4.00. The van der Waals surface area contributed by atoms with Crippen molar-refractivity contribution >= 4 is 34.1 Å². The molecule has 5 heteroatoms. The third kappa shape index (κ3) is 1.56. The van der Waals surface area contributed by atoms with Crippen molar-refractivity contribution in [1.82, 2.24) is 4.98 Å². The zero-order valence-corrected chi connectivity index (χ0v) is 10.2. The number of aromatic amines is 1. The summed E-state index contributed by atoms with van der Waals surface area (Å²) in [6.45, 7) is 1.73. The van der Waals surface area contributed by atoms with Crippen molar-refractivity contribution in [1.29, 1.82) is 0 Å². The molecule has 3 nitrogen and oxygen atoms in total. The van der Waals surface area contributed by atoms with Crippen molar-refractivity contribution in [2.24, 2.45) is 0 Å². The van der Waals surface area contributed by atoms with Crippen LogP contribution in [-0.2, 0) is 0 Å². The summed E-state index contributed by atoms with van der Waals surface area (Å²) in [4.78, 5) is 15.0. The van der Waals surface area contributed by atoms with Gasteiger partial charge in [-0.3, -0.25) is 4.79 Å². The minimum Gasteiger partial charge on any atom is -0.495 e. The molecule has 0 spiro atoms. The van der Waals surface area contributed by atoms with Gasteiger partial charge in [0.15, 0.2) is 0 Å². The molecule has 1 N–H and O–H groups in total. The molecule has 1 aromatic heterocycles. The van der Waals surface area contributed by atoms with Crippen LogP contribution in [0.2, 0.25) is 10.0 Å². The molecule has 0 amide bonds. The van der Waals surface area contributed by atoms with E-state index in [-0.39, 0.29) is 10.5 Å². The van der Waals surface area contributed by atoms with E-state index >= 15 is 0 Å². The lowest BCUT2D eigenvalue weighted by Crippen LogP contribution is -2.07. The number of ether oxygens (including phenoxy) is 1. The Kier molecular flexibility index (Phi) is 2.82. The normalized spacial score (nSPS) is 10.8. The van der Waals surface area contributed by atoms with E-state index in [2.05, 4.69) is 4.98 Å². The fourth-order valence-corrected chi connectivity index (χ4v) is 1.98. The van der Waals surface area contributed by atoms with Crippen LogP contribution in [0.1, 0.15) is 5.69 Å². The Morgan fingerprint density at radius 2 is 2.00 bits per heavy atom. The first-order valence-corrected chi connectivity index (χ1v) is 5.36. The summed E-state index contributed by atoms with van der Waals surface area (Å²) in [5, 5.41) is 0.873. The Labute approximate surface area is 102 Å². The van der Waals surface area contributed by atoms with Crippen molar-refractivity contribution in [3.05, 3.63) is 38.1 Å². The van der Waals surface area contributed by atoms with Gasteiger partial charge in [-0.15, -0.1) is 0 Å². The molecule has 84 valence electrons. The highest BCUT2D eigenvalue weighted by Crippen LogP contribution is 2.29. The van der Waals surface area contributed by atoms with Crippen LogP contribution in [0.3, 0.4) is 0 Å². The molecule has 0 bridgehead atoms. The fraction of sp³-hybridized carbons (Fsp3) is 0.182. The molecular formula is C11H9Cl2NO2. The van der Waals surface area contributed by atoms with Gasteiger partial charge in [0.2, 0.25) is 5.43 Å². The number of benzene rings is 1. The summed E-state index contributed by atoms with van der Waals surface area (Å²) in [6.07, 6.45) is 0. The molecule has 0 saturated carbocycles. The number of H-pyrrole nitrogens is 1. The average Bonchev–Trinajstić information content (AvgIpc) is 2.26. The van der Waals surface area contributed by atoms with Gasteiger partial charge in [0.05, 0.1) is 23.0 Å². The van der Waals surface area contributed by atoms with E-state index in [4.69, 9.17) is 27.9 Å². The molecule has 0 atom stereocenters. The number of halogens is 2. The van der Waals surface area contributed by atoms with E-state index in [0.29, 0.717) is 27.4 Å². The first-order valence-electron chi connectivity index (χ1n) is 4.61. The summed E-state index contributed by atoms with van der Waals surface area (Å²) in [5.74, 6) is 0.566. The Balaban J connectivity index is 3.05. The van der Waals surface area contributed by atoms with Gasteiger partial charge >= 0.3 is 0 Å². The first kappa shape index (κ1) is 11.3. The van der Waals surface area contributed by atoms with E-state index < -0.39 is 0 Å². The molecule has 0 radical (unpaired) electrons. The van der Waals surface area contributed by atoms with Gasteiger partial charge in [0.25, 0.3) is 0 Å². The molecule has 0 unspecified atom stereocenters. The number of fused-ring (bicyclic) bond motifs is 1. The number of hydrogen-bond acceptors (Lipinski definition) is 2. The summed E-state index contributed by atoms with van der Waals surface area (Å²) in [7, 11) is 1.53. The molecule has 2 aromatic rings. The van der Waals surface area contributed by atoms with Gasteiger partial charge in [-0.05, 0) is 19.1 Å². The van der Waals surface area contributed by atoms with Crippen LogP contribution in [0.15, 0.2) is 16.9 Å². The second-order valence-corrected chi connectivity index (χ2v) is 4.18. The molecular weight excluding hydrogens is 249 g/mol. The molecule has 0 aliphatic carbocycles. The number of pyridine rings is 1. The lowest BCUT2D eigenvalue weighted by molar-refractivity contribution is 0.419. The van der Waals surface area contributed by atoms with Crippen LogP contribution in [0.25, 0.3) is 10.9 Å². The van der Waals surface area contributed by atoms with Crippen LogP contribution in [0.4, 0.5) is 0 Å². The SMILES string of the molecule is COc1ccc(Cl)c2c(=O)c(Cl)c(C)[nH]c12. The molecule has 16 heavy (non-hydrogen) atoms. The van der Waals surface area contributed by atoms with Gasteiger partial charge in [-0.1, -0.05) is 23.2 Å². The molecule has 0 fully saturated rings. The smallest absolute Gasteiger partial charge is 0.209 e. The number of hydrogen-bond donors (Lipinski definition) is 1. The molecule has 0 aliphatic rings. The average molecular weight is 258 g/mol. The van der Waals surface area contributed by atoms with E-state index in [1.807, 2.05) is 0 Å². The number of aryl methyl sites for hydroxylation is 1. The zero-order valence-electron chi connectivity index (χ0n) is 8.73. The molecule has 0 saturated heterocycles. The number of aromatic nitrogens is 1. The third-order valence-electron chi connectivity index (χ3n) is 2.40. The standard InChI is InChI=1S/C11H9Cl2NO2/c1-5-9(13)11(15)8-6(12)3-4-7(16-2)10(8)14-5/h3-4H,1-2H3,(H,14,15). The van der Waals surface area contributed by atoms with Crippen LogP contribution < -0.4 is 10.2 Å². The van der Waals surface area contributed by atoms with E-state index in [1.54, 1.807) is 19.1 Å². The number of nitrogens with one attached hydrogen (secondary N) is 1. The summed E-state index contributed by atoms with van der Waals surface area (Å²) >= 11 is 11.9. The van der Waals surface area contributed by atoms with E-state index in [9.17, 15) is 4.79 Å². The van der Waals surface area contributed by atoms with Gasteiger partial charge in [0, 0.05) is 5.69 Å².